The van der Waals surface area contributed by atoms with Crippen LogP contribution in [-0.2, 0) is 6.42 Å². The Morgan fingerprint density at radius 3 is 2.76 bits per heavy atom. The minimum Gasteiger partial charge on any atom is -0.319 e. The molecule has 6 nitrogen and oxygen atoms in total. The normalized spacial score (nSPS) is 10.9. The fourth-order valence-electron chi connectivity index (χ4n) is 2.87. The summed E-state index contributed by atoms with van der Waals surface area (Å²) in [5.41, 5.74) is 2.61. The van der Waals surface area contributed by atoms with E-state index in [0.717, 1.165) is 10.6 Å². The SMILES string of the molecule is Cc1nc(Cc2ccc(F)cc2)sc1C(=O)Nc1cccc(Cl)c1-n1cncn1. The van der Waals surface area contributed by atoms with Crippen LogP contribution in [0.25, 0.3) is 5.69 Å². The zero-order chi connectivity index (χ0) is 20.4. The molecule has 0 aliphatic rings. The maximum atomic E-state index is 13.1. The van der Waals surface area contributed by atoms with E-state index >= 15 is 0 Å². The van der Waals surface area contributed by atoms with Crippen LogP contribution in [0.15, 0.2) is 55.1 Å². The predicted molar refractivity (Wildman–Crippen MR) is 110 cm³/mol. The largest absolute Gasteiger partial charge is 0.319 e. The van der Waals surface area contributed by atoms with Crippen molar-refractivity contribution in [1.29, 1.82) is 0 Å². The Morgan fingerprint density at radius 2 is 2.03 bits per heavy atom. The highest BCUT2D eigenvalue weighted by Gasteiger charge is 2.18. The molecule has 2 heterocycles. The summed E-state index contributed by atoms with van der Waals surface area (Å²) in [5.74, 6) is -0.567. The van der Waals surface area contributed by atoms with E-state index in [1.165, 1.54) is 40.8 Å². The van der Waals surface area contributed by atoms with Gasteiger partial charge in [-0.3, -0.25) is 4.79 Å². The van der Waals surface area contributed by atoms with Crippen molar-refractivity contribution >= 4 is 34.5 Å². The van der Waals surface area contributed by atoms with Crippen LogP contribution in [-0.4, -0.2) is 25.7 Å². The monoisotopic (exact) mass is 427 g/mol. The lowest BCUT2D eigenvalue weighted by atomic mass is 10.1. The second-order valence-electron chi connectivity index (χ2n) is 6.26. The van der Waals surface area contributed by atoms with Crippen LogP contribution in [0.1, 0.15) is 25.9 Å². The van der Waals surface area contributed by atoms with Crippen molar-refractivity contribution < 1.29 is 9.18 Å². The number of hydrogen-bond acceptors (Lipinski definition) is 5. The van der Waals surface area contributed by atoms with Gasteiger partial charge in [0.05, 0.1) is 21.4 Å². The smallest absolute Gasteiger partial charge is 0.267 e. The summed E-state index contributed by atoms with van der Waals surface area (Å²) in [6, 6.07) is 11.5. The molecule has 1 amide bonds. The number of para-hydroxylation sites is 1. The summed E-state index contributed by atoms with van der Waals surface area (Å²) in [6.45, 7) is 1.79. The number of carbonyl (C=O) groups excluding carboxylic acids is 1. The summed E-state index contributed by atoms with van der Waals surface area (Å²) < 4.78 is 14.6. The Balaban J connectivity index is 1.58. The maximum absolute atomic E-state index is 13.1. The van der Waals surface area contributed by atoms with Crippen molar-refractivity contribution in [1.82, 2.24) is 19.7 Å². The van der Waals surface area contributed by atoms with E-state index in [9.17, 15) is 9.18 Å². The summed E-state index contributed by atoms with van der Waals surface area (Å²) in [7, 11) is 0. The summed E-state index contributed by atoms with van der Waals surface area (Å²) >= 11 is 7.62. The minimum atomic E-state index is -0.283. The molecule has 2 aromatic carbocycles. The first-order valence-corrected chi connectivity index (χ1v) is 9.86. The lowest BCUT2D eigenvalue weighted by Gasteiger charge is -2.11. The highest BCUT2D eigenvalue weighted by atomic mass is 35.5. The lowest BCUT2D eigenvalue weighted by molar-refractivity contribution is 0.103. The fraction of sp³-hybridized carbons (Fsp3) is 0.100. The average Bonchev–Trinajstić information content (AvgIpc) is 3.33. The third-order valence-corrected chi connectivity index (χ3v) is 5.66. The van der Waals surface area contributed by atoms with E-state index in [2.05, 4.69) is 20.4 Å². The molecule has 0 saturated carbocycles. The molecule has 0 atom stereocenters. The van der Waals surface area contributed by atoms with Crippen molar-refractivity contribution in [2.24, 2.45) is 0 Å². The van der Waals surface area contributed by atoms with Crippen LogP contribution in [0.3, 0.4) is 0 Å². The van der Waals surface area contributed by atoms with E-state index in [4.69, 9.17) is 11.6 Å². The molecule has 2 aromatic heterocycles. The van der Waals surface area contributed by atoms with Crippen LogP contribution in [0, 0.1) is 12.7 Å². The van der Waals surface area contributed by atoms with Crippen molar-refractivity contribution in [2.45, 2.75) is 13.3 Å². The molecule has 0 unspecified atom stereocenters. The molecule has 146 valence electrons. The Hall–Kier alpha value is -3.10. The van der Waals surface area contributed by atoms with Gasteiger partial charge in [-0.2, -0.15) is 5.10 Å². The van der Waals surface area contributed by atoms with Crippen molar-refractivity contribution in [3.8, 4) is 5.69 Å². The average molecular weight is 428 g/mol. The number of aromatic nitrogens is 4. The predicted octanol–water partition coefficient (Wildman–Crippen LogP) is 4.67. The first-order valence-electron chi connectivity index (χ1n) is 8.67. The van der Waals surface area contributed by atoms with Crippen LogP contribution in [0.5, 0.6) is 0 Å². The number of hydrogen-bond donors (Lipinski definition) is 1. The number of nitrogens with one attached hydrogen (secondary N) is 1. The van der Waals surface area contributed by atoms with E-state index < -0.39 is 0 Å². The molecule has 29 heavy (non-hydrogen) atoms. The van der Waals surface area contributed by atoms with Gasteiger partial charge < -0.3 is 5.32 Å². The number of aryl methyl sites for hydroxylation is 1. The van der Waals surface area contributed by atoms with Crippen molar-refractivity contribution in [3.05, 3.63) is 87.1 Å². The molecule has 0 aliphatic heterocycles. The molecule has 0 bridgehead atoms. The number of halogens is 2. The molecule has 1 N–H and O–H groups in total. The van der Waals surface area contributed by atoms with Gasteiger partial charge in [0.25, 0.3) is 5.91 Å². The van der Waals surface area contributed by atoms with Gasteiger partial charge in [-0.05, 0) is 36.8 Å². The van der Waals surface area contributed by atoms with Gasteiger partial charge in [-0.25, -0.2) is 19.0 Å². The van der Waals surface area contributed by atoms with Gasteiger partial charge in [0.1, 0.15) is 29.0 Å². The number of nitrogens with zero attached hydrogens (tertiary/aromatic N) is 4. The van der Waals surface area contributed by atoms with Gasteiger partial charge >= 0.3 is 0 Å². The molecule has 4 rings (SSSR count). The zero-order valence-corrected chi connectivity index (χ0v) is 16.8. The van der Waals surface area contributed by atoms with Crippen LogP contribution < -0.4 is 5.32 Å². The molecule has 0 saturated heterocycles. The fourth-order valence-corrected chi connectivity index (χ4v) is 4.12. The van der Waals surface area contributed by atoms with Crippen LogP contribution in [0.4, 0.5) is 10.1 Å². The van der Waals surface area contributed by atoms with Gasteiger partial charge in [-0.1, -0.05) is 29.8 Å². The van der Waals surface area contributed by atoms with Crippen molar-refractivity contribution in [2.75, 3.05) is 5.32 Å². The van der Waals surface area contributed by atoms with Crippen molar-refractivity contribution in [3.63, 3.8) is 0 Å². The number of carbonyl (C=O) groups is 1. The standard InChI is InChI=1S/C20H15ClFN5OS/c1-12-19(29-17(25-12)9-13-5-7-14(22)8-6-13)20(28)26-16-4-2-3-15(21)18(16)27-11-23-10-24-27/h2-8,10-11H,9H2,1H3,(H,26,28). The molecule has 0 fully saturated rings. The number of rotatable bonds is 5. The molecule has 0 radical (unpaired) electrons. The second-order valence-corrected chi connectivity index (χ2v) is 7.75. The Morgan fingerprint density at radius 1 is 1.24 bits per heavy atom. The summed E-state index contributed by atoms with van der Waals surface area (Å²) in [6.07, 6.45) is 3.43. The van der Waals surface area contributed by atoms with Gasteiger partial charge in [0.2, 0.25) is 0 Å². The maximum Gasteiger partial charge on any atom is 0.267 e. The second kappa shape index (κ2) is 8.10. The number of amides is 1. The molecular weight excluding hydrogens is 413 g/mol. The van der Waals surface area contributed by atoms with E-state index in [1.54, 1.807) is 37.3 Å². The third-order valence-electron chi connectivity index (χ3n) is 4.20. The first-order chi connectivity index (χ1) is 14.0. The number of benzene rings is 2. The van der Waals surface area contributed by atoms with Gasteiger partial charge in [-0.15, -0.1) is 11.3 Å². The number of thiazole rings is 1. The Kier molecular flexibility index (Phi) is 5.37. The Bertz CT molecular complexity index is 1160. The summed E-state index contributed by atoms with van der Waals surface area (Å²) in [5, 5.41) is 8.20. The quantitative estimate of drug-likeness (QED) is 0.502. The molecule has 0 aliphatic carbocycles. The zero-order valence-electron chi connectivity index (χ0n) is 15.3. The third kappa shape index (κ3) is 4.18. The highest BCUT2D eigenvalue weighted by Crippen LogP contribution is 2.29. The first kappa shape index (κ1) is 19.2. The number of anilines is 1. The minimum absolute atomic E-state index is 0.283. The molecule has 9 heteroatoms. The molecular formula is C20H15ClFN5OS. The lowest BCUT2D eigenvalue weighted by Crippen LogP contribution is -2.14. The van der Waals surface area contributed by atoms with Crippen LogP contribution in [0.2, 0.25) is 5.02 Å². The van der Waals surface area contributed by atoms with Crippen LogP contribution >= 0.6 is 22.9 Å². The van der Waals surface area contributed by atoms with E-state index in [1.807, 2.05) is 0 Å². The molecule has 0 spiro atoms. The van der Waals surface area contributed by atoms with Gasteiger partial charge in [0.15, 0.2) is 0 Å². The summed E-state index contributed by atoms with van der Waals surface area (Å²) in [4.78, 5) is 21.8. The molecule has 4 aromatic rings. The Labute approximate surface area is 175 Å². The van der Waals surface area contributed by atoms with E-state index in [0.29, 0.717) is 33.4 Å². The van der Waals surface area contributed by atoms with Gasteiger partial charge in [0, 0.05) is 6.42 Å². The highest BCUT2D eigenvalue weighted by molar-refractivity contribution is 7.14. The topological polar surface area (TPSA) is 72.7 Å². The van der Waals surface area contributed by atoms with E-state index in [-0.39, 0.29) is 11.7 Å².